The molecule has 7 heteroatoms. The van der Waals surface area contributed by atoms with Crippen molar-refractivity contribution in [2.75, 3.05) is 10.6 Å². The molecule has 0 atom stereocenters. The highest BCUT2D eigenvalue weighted by Gasteiger charge is 2.33. The van der Waals surface area contributed by atoms with Gasteiger partial charge in [0.05, 0.1) is 10.6 Å². The molecule has 0 heterocycles. The molecule has 0 saturated carbocycles. The Balaban J connectivity index is 2.16. The van der Waals surface area contributed by atoms with Crippen LogP contribution in [0.4, 0.5) is 24.5 Å². The van der Waals surface area contributed by atoms with Gasteiger partial charge in [-0.25, -0.2) is 0 Å². The van der Waals surface area contributed by atoms with Crippen LogP contribution in [0, 0.1) is 13.8 Å². The van der Waals surface area contributed by atoms with Crippen molar-refractivity contribution in [3.63, 3.8) is 0 Å². The van der Waals surface area contributed by atoms with E-state index in [9.17, 15) is 13.2 Å². The standard InChI is InChI=1S/C16H14ClF3N2S/c1-9-4-3-5-14(10(9)2)22-15(23)21-11-6-7-13(17)12(8-11)16(18,19)20/h3-8H,1-2H3,(H2,21,22,23). The molecule has 2 aromatic rings. The zero-order valence-electron chi connectivity index (χ0n) is 12.4. The van der Waals surface area contributed by atoms with Crippen LogP contribution < -0.4 is 10.6 Å². The average molecular weight is 359 g/mol. The molecule has 0 unspecified atom stereocenters. The van der Waals surface area contributed by atoms with Gasteiger partial charge >= 0.3 is 6.18 Å². The van der Waals surface area contributed by atoms with Gasteiger partial charge in [0, 0.05) is 11.4 Å². The van der Waals surface area contributed by atoms with E-state index in [0.29, 0.717) is 0 Å². The largest absolute Gasteiger partial charge is 0.417 e. The Kier molecular flexibility index (Phi) is 5.16. The second-order valence-corrected chi connectivity index (χ2v) is 5.83. The van der Waals surface area contributed by atoms with Crippen LogP contribution in [0.1, 0.15) is 16.7 Å². The van der Waals surface area contributed by atoms with Crippen LogP contribution in [0.25, 0.3) is 0 Å². The summed E-state index contributed by atoms with van der Waals surface area (Å²) < 4.78 is 38.5. The van der Waals surface area contributed by atoms with Crippen LogP contribution in [0.5, 0.6) is 0 Å². The van der Waals surface area contributed by atoms with Gasteiger partial charge in [0.25, 0.3) is 0 Å². The quantitative estimate of drug-likeness (QED) is 0.665. The number of nitrogens with one attached hydrogen (secondary N) is 2. The Bertz CT molecular complexity index is 745. The summed E-state index contributed by atoms with van der Waals surface area (Å²) in [4.78, 5) is 0. The van der Waals surface area contributed by atoms with Crippen molar-refractivity contribution in [1.82, 2.24) is 0 Å². The zero-order chi connectivity index (χ0) is 17.2. The van der Waals surface area contributed by atoms with Gasteiger partial charge in [0.15, 0.2) is 5.11 Å². The topological polar surface area (TPSA) is 24.1 Å². The lowest BCUT2D eigenvalue weighted by Crippen LogP contribution is -2.20. The van der Waals surface area contributed by atoms with Gasteiger partial charge in [-0.15, -0.1) is 0 Å². The first kappa shape index (κ1) is 17.6. The van der Waals surface area contributed by atoms with Crippen molar-refractivity contribution < 1.29 is 13.2 Å². The maximum absolute atomic E-state index is 12.8. The van der Waals surface area contributed by atoms with Crippen molar-refractivity contribution in [3.05, 3.63) is 58.1 Å². The second kappa shape index (κ2) is 6.76. The molecule has 2 rings (SSSR count). The molecule has 0 amide bonds. The molecule has 0 spiro atoms. The summed E-state index contributed by atoms with van der Waals surface area (Å²) in [7, 11) is 0. The Morgan fingerprint density at radius 3 is 2.43 bits per heavy atom. The van der Waals surface area contributed by atoms with Crippen LogP contribution in [-0.4, -0.2) is 5.11 Å². The number of halogens is 4. The van der Waals surface area contributed by atoms with Crippen LogP contribution in [-0.2, 0) is 6.18 Å². The molecule has 0 aromatic heterocycles. The lowest BCUT2D eigenvalue weighted by molar-refractivity contribution is -0.137. The Morgan fingerprint density at radius 2 is 1.78 bits per heavy atom. The van der Waals surface area contributed by atoms with Crippen molar-refractivity contribution in [2.45, 2.75) is 20.0 Å². The highest BCUT2D eigenvalue weighted by atomic mass is 35.5. The molecule has 2 N–H and O–H groups in total. The van der Waals surface area contributed by atoms with E-state index in [2.05, 4.69) is 10.6 Å². The summed E-state index contributed by atoms with van der Waals surface area (Å²) in [5.74, 6) is 0. The van der Waals surface area contributed by atoms with Crippen LogP contribution >= 0.6 is 23.8 Å². The molecule has 23 heavy (non-hydrogen) atoms. The third-order valence-corrected chi connectivity index (χ3v) is 3.92. The smallest absolute Gasteiger partial charge is 0.332 e. The Hall–Kier alpha value is -1.79. The van der Waals surface area contributed by atoms with Gasteiger partial charge < -0.3 is 10.6 Å². The summed E-state index contributed by atoms with van der Waals surface area (Å²) in [6, 6.07) is 9.24. The van der Waals surface area contributed by atoms with Gasteiger partial charge in [-0.3, -0.25) is 0 Å². The van der Waals surface area contributed by atoms with E-state index in [1.54, 1.807) is 0 Å². The number of thiocarbonyl (C=S) groups is 1. The second-order valence-electron chi connectivity index (χ2n) is 5.02. The number of hydrogen-bond acceptors (Lipinski definition) is 1. The van der Waals surface area contributed by atoms with Gasteiger partial charge in [-0.05, 0) is 61.5 Å². The van der Waals surface area contributed by atoms with E-state index in [-0.39, 0.29) is 15.8 Å². The lowest BCUT2D eigenvalue weighted by atomic mass is 10.1. The molecule has 0 fully saturated rings. The van der Waals surface area contributed by atoms with Gasteiger partial charge in [-0.2, -0.15) is 13.2 Å². The number of hydrogen-bond donors (Lipinski definition) is 2. The number of alkyl halides is 3. The monoisotopic (exact) mass is 358 g/mol. The van der Waals surface area contributed by atoms with Crippen LogP contribution in [0.3, 0.4) is 0 Å². The highest BCUT2D eigenvalue weighted by Crippen LogP contribution is 2.36. The highest BCUT2D eigenvalue weighted by molar-refractivity contribution is 7.80. The van der Waals surface area contributed by atoms with E-state index in [1.165, 1.54) is 12.1 Å². The molecule has 0 bridgehead atoms. The van der Waals surface area contributed by atoms with E-state index >= 15 is 0 Å². The summed E-state index contributed by atoms with van der Waals surface area (Å²) >= 11 is 10.7. The fourth-order valence-corrected chi connectivity index (χ4v) is 2.44. The maximum Gasteiger partial charge on any atom is 0.417 e. The minimum Gasteiger partial charge on any atom is -0.332 e. The SMILES string of the molecule is Cc1cccc(NC(=S)Nc2ccc(Cl)c(C(F)(F)F)c2)c1C. The molecule has 2 nitrogen and oxygen atoms in total. The normalized spacial score (nSPS) is 11.2. The number of anilines is 2. The molecule has 122 valence electrons. The first-order valence-electron chi connectivity index (χ1n) is 6.69. The molecule has 0 aliphatic carbocycles. The lowest BCUT2D eigenvalue weighted by Gasteiger charge is -2.15. The predicted molar refractivity (Wildman–Crippen MR) is 92.2 cm³/mol. The van der Waals surface area contributed by atoms with E-state index in [1.807, 2.05) is 32.0 Å². The molecule has 0 aliphatic rings. The van der Waals surface area contributed by atoms with E-state index in [4.69, 9.17) is 23.8 Å². The minimum absolute atomic E-state index is 0.203. The Morgan fingerprint density at radius 1 is 1.09 bits per heavy atom. The molecule has 0 radical (unpaired) electrons. The number of rotatable bonds is 2. The van der Waals surface area contributed by atoms with Gasteiger partial charge in [0.2, 0.25) is 0 Å². The van der Waals surface area contributed by atoms with Crippen molar-refractivity contribution in [1.29, 1.82) is 0 Å². The van der Waals surface area contributed by atoms with Crippen LogP contribution in [0.15, 0.2) is 36.4 Å². The average Bonchev–Trinajstić information content (AvgIpc) is 2.45. The fourth-order valence-electron chi connectivity index (χ4n) is 1.99. The van der Waals surface area contributed by atoms with Crippen molar-refractivity contribution in [2.24, 2.45) is 0 Å². The summed E-state index contributed by atoms with van der Waals surface area (Å²) in [6.07, 6.45) is -4.52. The number of benzene rings is 2. The molecular weight excluding hydrogens is 345 g/mol. The molecule has 2 aromatic carbocycles. The van der Waals surface area contributed by atoms with Gasteiger partial charge in [-0.1, -0.05) is 23.7 Å². The van der Waals surface area contributed by atoms with Crippen LogP contribution in [0.2, 0.25) is 5.02 Å². The summed E-state index contributed by atoms with van der Waals surface area (Å²) in [5, 5.41) is 5.57. The van der Waals surface area contributed by atoms with Crippen molar-refractivity contribution in [3.8, 4) is 0 Å². The fraction of sp³-hybridized carbons (Fsp3) is 0.188. The molecule has 0 aliphatic heterocycles. The van der Waals surface area contributed by atoms with Crippen molar-refractivity contribution >= 4 is 40.3 Å². The first-order valence-corrected chi connectivity index (χ1v) is 7.48. The third kappa shape index (κ3) is 4.36. The maximum atomic E-state index is 12.8. The summed E-state index contributed by atoms with van der Waals surface area (Å²) in [5.41, 5.74) is 2.21. The van der Waals surface area contributed by atoms with E-state index in [0.717, 1.165) is 22.9 Å². The molecule has 0 saturated heterocycles. The van der Waals surface area contributed by atoms with Gasteiger partial charge in [0.1, 0.15) is 0 Å². The summed E-state index contributed by atoms with van der Waals surface area (Å²) in [6.45, 7) is 3.90. The first-order chi connectivity index (χ1) is 10.7. The molecular formula is C16H14ClF3N2S. The minimum atomic E-state index is -4.52. The Labute approximate surface area is 142 Å². The third-order valence-electron chi connectivity index (χ3n) is 3.38. The zero-order valence-corrected chi connectivity index (χ0v) is 14.0. The van der Waals surface area contributed by atoms with E-state index < -0.39 is 11.7 Å². The predicted octanol–water partition coefficient (Wildman–Crippen LogP) is 5.78. The number of aryl methyl sites for hydroxylation is 1.